The van der Waals surface area contributed by atoms with Crippen molar-refractivity contribution in [1.29, 1.82) is 0 Å². The highest BCUT2D eigenvalue weighted by molar-refractivity contribution is 5.31. The molecule has 1 N–H and O–H groups in total. The number of hydrogen-bond donors (Lipinski definition) is 1. The molecule has 1 aliphatic rings. The highest BCUT2D eigenvalue weighted by Crippen LogP contribution is 2.33. The lowest BCUT2D eigenvalue weighted by Crippen LogP contribution is -2.20. The summed E-state index contributed by atoms with van der Waals surface area (Å²) >= 11 is 0. The van der Waals surface area contributed by atoms with E-state index in [0.717, 1.165) is 12.5 Å². The Labute approximate surface area is 106 Å². The Balaban J connectivity index is 1.76. The zero-order chi connectivity index (χ0) is 12.3. The van der Waals surface area contributed by atoms with Gasteiger partial charge in [0.1, 0.15) is 0 Å². The topological polar surface area (TPSA) is 12.0 Å². The minimum Gasteiger partial charge on any atom is -0.310 e. The van der Waals surface area contributed by atoms with Crippen molar-refractivity contribution in [3.05, 3.63) is 34.9 Å². The van der Waals surface area contributed by atoms with Crippen molar-refractivity contribution >= 4 is 0 Å². The Hall–Kier alpha value is -0.820. The summed E-state index contributed by atoms with van der Waals surface area (Å²) in [5.74, 6) is 1.06. The molecule has 0 amide bonds. The van der Waals surface area contributed by atoms with Gasteiger partial charge < -0.3 is 5.32 Å². The number of hydrogen-bond acceptors (Lipinski definition) is 1. The van der Waals surface area contributed by atoms with Gasteiger partial charge in [0, 0.05) is 6.04 Å². The second kappa shape index (κ2) is 5.68. The van der Waals surface area contributed by atoms with Gasteiger partial charge in [-0.25, -0.2) is 0 Å². The van der Waals surface area contributed by atoms with E-state index in [1.54, 1.807) is 0 Å². The van der Waals surface area contributed by atoms with E-state index < -0.39 is 0 Å². The predicted molar refractivity (Wildman–Crippen MR) is 74.3 cm³/mol. The Morgan fingerprint density at radius 3 is 2.65 bits per heavy atom. The van der Waals surface area contributed by atoms with Crippen LogP contribution in [0.25, 0.3) is 0 Å². The molecule has 1 aromatic carbocycles. The molecule has 1 saturated carbocycles. The van der Waals surface area contributed by atoms with Gasteiger partial charge in [0.15, 0.2) is 0 Å². The molecule has 0 saturated heterocycles. The van der Waals surface area contributed by atoms with Gasteiger partial charge >= 0.3 is 0 Å². The van der Waals surface area contributed by atoms with Crippen LogP contribution in [0, 0.1) is 19.8 Å². The van der Waals surface area contributed by atoms with Gasteiger partial charge in [0.2, 0.25) is 0 Å². The molecule has 0 aromatic heterocycles. The van der Waals surface area contributed by atoms with Gasteiger partial charge in [-0.15, -0.1) is 0 Å². The molecule has 1 atom stereocenters. The molecule has 1 aromatic rings. The first-order valence-corrected chi connectivity index (χ1v) is 6.97. The molecule has 1 fully saturated rings. The Morgan fingerprint density at radius 2 is 2.00 bits per heavy atom. The van der Waals surface area contributed by atoms with Gasteiger partial charge in [-0.2, -0.15) is 0 Å². The maximum Gasteiger partial charge on any atom is 0.0291 e. The summed E-state index contributed by atoms with van der Waals surface area (Å²) in [6, 6.07) is 7.27. The smallest absolute Gasteiger partial charge is 0.0291 e. The molecular weight excluding hydrogens is 206 g/mol. The van der Waals surface area contributed by atoms with Crippen LogP contribution in [0.5, 0.6) is 0 Å². The first kappa shape index (κ1) is 12.6. The fourth-order valence-electron chi connectivity index (χ4n) is 2.27. The van der Waals surface area contributed by atoms with Gasteiger partial charge in [0.05, 0.1) is 0 Å². The number of nitrogens with one attached hydrogen (secondary N) is 1. The molecule has 94 valence electrons. The SMILES string of the molecule is Cc1ccc(C(C)NCCCC2CC2)cc1C. The molecule has 17 heavy (non-hydrogen) atoms. The Morgan fingerprint density at radius 1 is 1.24 bits per heavy atom. The summed E-state index contributed by atoms with van der Waals surface area (Å²) in [5.41, 5.74) is 4.20. The third kappa shape index (κ3) is 3.85. The summed E-state index contributed by atoms with van der Waals surface area (Å²) in [6.07, 6.45) is 5.71. The fourth-order valence-corrected chi connectivity index (χ4v) is 2.27. The lowest BCUT2D eigenvalue weighted by Gasteiger charge is -2.15. The highest BCUT2D eigenvalue weighted by Gasteiger charge is 2.20. The van der Waals surface area contributed by atoms with Crippen LogP contribution >= 0.6 is 0 Å². The zero-order valence-electron chi connectivity index (χ0n) is 11.4. The van der Waals surface area contributed by atoms with E-state index in [9.17, 15) is 0 Å². The van der Waals surface area contributed by atoms with Crippen LogP contribution in [-0.2, 0) is 0 Å². The Bertz CT molecular complexity index is 366. The quantitative estimate of drug-likeness (QED) is 0.725. The van der Waals surface area contributed by atoms with Crippen molar-refractivity contribution in [3.8, 4) is 0 Å². The summed E-state index contributed by atoms with van der Waals surface area (Å²) in [4.78, 5) is 0. The summed E-state index contributed by atoms with van der Waals surface area (Å²) in [5, 5.41) is 3.63. The normalized spacial score (nSPS) is 17.1. The number of rotatable bonds is 6. The van der Waals surface area contributed by atoms with E-state index in [4.69, 9.17) is 0 Å². The second-order valence-corrected chi connectivity index (χ2v) is 5.61. The van der Waals surface area contributed by atoms with Crippen LogP contribution in [0.1, 0.15) is 55.3 Å². The van der Waals surface area contributed by atoms with Crippen LogP contribution in [0.4, 0.5) is 0 Å². The van der Waals surface area contributed by atoms with Crippen molar-refractivity contribution in [2.45, 2.75) is 52.5 Å². The molecule has 0 aliphatic heterocycles. The fraction of sp³-hybridized carbons (Fsp3) is 0.625. The third-order valence-corrected chi connectivity index (χ3v) is 3.97. The van der Waals surface area contributed by atoms with Crippen molar-refractivity contribution in [2.75, 3.05) is 6.54 Å². The molecule has 1 unspecified atom stereocenters. The lowest BCUT2D eigenvalue weighted by molar-refractivity contribution is 0.533. The summed E-state index contributed by atoms with van der Waals surface area (Å²) < 4.78 is 0. The average Bonchev–Trinajstić information content (AvgIpc) is 3.12. The Kier molecular flexibility index (Phi) is 4.22. The standard InChI is InChI=1S/C16H25N/c1-12-6-9-16(11-13(12)2)14(3)17-10-4-5-15-7-8-15/h6,9,11,14-15,17H,4-5,7-8,10H2,1-3H3. The van der Waals surface area contributed by atoms with E-state index in [0.29, 0.717) is 6.04 Å². The van der Waals surface area contributed by atoms with E-state index in [2.05, 4.69) is 44.3 Å². The summed E-state index contributed by atoms with van der Waals surface area (Å²) in [6.45, 7) is 7.79. The maximum absolute atomic E-state index is 3.63. The largest absolute Gasteiger partial charge is 0.310 e. The van der Waals surface area contributed by atoms with Gasteiger partial charge in [0.25, 0.3) is 0 Å². The minimum atomic E-state index is 0.480. The molecule has 0 radical (unpaired) electrons. The van der Waals surface area contributed by atoms with Crippen LogP contribution in [0.15, 0.2) is 18.2 Å². The predicted octanol–water partition coefficient (Wildman–Crippen LogP) is 4.14. The molecule has 0 spiro atoms. The number of aryl methyl sites for hydroxylation is 2. The van der Waals surface area contributed by atoms with E-state index in [1.165, 1.54) is 42.4 Å². The summed E-state index contributed by atoms with van der Waals surface area (Å²) in [7, 11) is 0. The average molecular weight is 231 g/mol. The first-order chi connectivity index (χ1) is 8.16. The maximum atomic E-state index is 3.63. The third-order valence-electron chi connectivity index (χ3n) is 3.97. The minimum absolute atomic E-state index is 0.480. The monoisotopic (exact) mass is 231 g/mol. The van der Waals surface area contributed by atoms with Crippen LogP contribution in [-0.4, -0.2) is 6.54 Å². The van der Waals surface area contributed by atoms with Crippen LogP contribution in [0.2, 0.25) is 0 Å². The molecule has 2 rings (SSSR count). The lowest BCUT2D eigenvalue weighted by atomic mass is 10.0. The van der Waals surface area contributed by atoms with Crippen LogP contribution < -0.4 is 5.32 Å². The molecule has 1 nitrogen and oxygen atoms in total. The molecule has 1 aliphatic carbocycles. The molecule has 1 heteroatoms. The number of benzene rings is 1. The van der Waals surface area contributed by atoms with Gasteiger partial charge in [-0.3, -0.25) is 0 Å². The van der Waals surface area contributed by atoms with E-state index in [1.807, 2.05) is 0 Å². The van der Waals surface area contributed by atoms with Crippen molar-refractivity contribution in [3.63, 3.8) is 0 Å². The van der Waals surface area contributed by atoms with E-state index in [-0.39, 0.29) is 0 Å². The van der Waals surface area contributed by atoms with E-state index >= 15 is 0 Å². The van der Waals surface area contributed by atoms with Crippen LogP contribution in [0.3, 0.4) is 0 Å². The van der Waals surface area contributed by atoms with Crippen molar-refractivity contribution in [2.24, 2.45) is 5.92 Å². The van der Waals surface area contributed by atoms with Gasteiger partial charge in [-0.1, -0.05) is 31.0 Å². The van der Waals surface area contributed by atoms with Gasteiger partial charge in [-0.05, 0) is 62.8 Å². The first-order valence-electron chi connectivity index (χ1n) is 6.97. The molecule has 0 heterocycles. The molecule has 0 bridgehead atoms. The van der Waals surface area contributed by atoms with Crippen molar-refractivity contribution in [1.82, 2.24) is 5.32 Å². The highest BCUT2D eigenvalue weighted by atomic mass is 14.9. The second-order valence-electron chi connectivity index (χ2n) is 5.61. The molecular formula is C16H25N. The van der Waals surface area contributed by atoms with Crippen molar-refractivity contribution < 1.29 is 0 Å². The zero-order valence-corrected chi connectivity index (χ0v) is 11.4.